The SMILES string of the molecule is Cn1ncc(N)c1C(=O)N1CCCN(CCO)CC1. The molecule has 3 N–H and O–H groups in total. The van der Waals surface area contributed by atoms with Crippen molar-refractivity contribution in [2.24, 2.45) is 7.05 Å². The highest BCUT2D eigenvalue weighted by Gasteiger charge is 2.24. The molecule has 0 atom stereocenters. The fourth-order valence-corrected chi connectivity index (χ4v) is 2.41. The molecular formula is C12H21N5O2. The number of anilines is 1. The van der Waals surface area contributed by atoms with E-state index in [1.54, 1.807) is 7.05 Å². The summed E-state index contributed by atoms with van der Waals surface area (Å²) in [5.41, 5.74) is 6.66. The summed E-state index contributed by atoms with van der Waals surface area (Å²) in [5, 5.41) is 13.0. The average Bonchev–Trinajstić information content (AvgIpc) is 2.61. The lowest BCUT2D eigenvalue weighted by atomic mass is 10.3. The van der Waals surface area contributed by atoms with Gasteiger partial charge in [0.15, 0.2) is 0 Å². The Labute approximate surface area is 112 Å². The summed E-state index contributed by atoms with van der Waals surface area (Å²) in [6.45, 7) is 3.88. The Hall–Kier alpha value is -1.60. The maximum atomic E-state index is 12.4. The molecule has 1 saturated heterocycles. The molecule has 0 bridgehead atoms. The molecule has 0 unspecified atom stereocenters. The number of carbonyl (C=O) groups is 1. The lowest BCUT2D eigenvalue weighted by Crippen LogP contribution is -2.37. The number of aromatic nitrogens is 2. The highest BCUT2D eigenvalue weighted by molar-refractivity contribution is 5.97. The van der Waals surface area contributed by atoms with Crippen LogP contribution < -0.4 is 5.73 Å². The minimum atomic E-state index is -0.0663. The average molecular weight is 267 g/mol. The summed E-state index contributed by atoms with van der Waals surface area (Å²) in [6, 6.07) is 0. The molecule has 1 aromatic rings. The number of nitrogen functional groups attached to an aromatic ring is 1. The number of amides is 1. The second kappa shape index (κ2) is 6.03. The van der Waals surface area contributed by atoms with Crippen LogP contribution in [0.15, 0.2) is 6.20 Å². The molecule has 7 heteroatoms. The molecule has 0 aromatic carbocycles. The minimum Gasteiger partial charge on any atom is -0.396 e. The van der Waals surface area contributed by atoms with E-state index in [2.05, 4.69) is 10.00 Å². The van der Waals surface area contributed by atoms with Crippen molar-refractivity contribution in [1.82, 2.24) is 19.6 Å². The molecule has 1 fully saturated rings. The van der Waals surface area contributed by atoms with Gasteiger partial charge < -0.3 is 15.7 Å². The van der Waals surface area contributed by atoms with Gasteiger partial charge in [0.25, 0.3) is 5.91 Å². The molecule has 2 rings (SSSR count). The van der Waals surface area contributed by atoms with Crippen LogP contribution in [0.3, 0.4) is 0 Å². The van der Waals surface area contributed by atoms with Gasteiger partial charge in [0.1, 0.15) is 5.69 Å². The zero-order valence-electron chi connectivity index (χ0n) is 11.2. The molecule has 2 heterocycles. The summed E-state index contributed by atoms with van der Waals surface area (Å²) in [4.78, 5) is 16.4. The maximum Gasteiger partial charge on any atom is 0.274 e. The number of hydrogen-bond acceptors (Lipinski definition) is 5. The third kappa shape index (κ3) is 3.05. The summed E-state index contributed by atoms with van der Waals surface area (Å²) in [6.07, 6.45) is 2.41. The van der Waals surface area contributed by atoms with E-state index < -0.39 is 0 Å². The molecule has 1 aliphatic heterocycles. The lowest BCUT2D eigenvalue weighted by molar-refractivity contribution is 0.0750. The van der Waals surface area contributed by atoms with E-state index in [0.717, 1.165) is 19.5 Å². The van der Waals surface area contributed by atoms with Crippen LogP contribution in [-0.2, 0) is 7.05 Å². The molecule has 1 aliphatic rings. The van der Waals surface area contributed by atoms with Gasteiger partial charge in [-0.1, -0.05) is 0 Å². The van der Waals surface area contributed by atoms with Gasteiger partial charge in [0.2, 0.25) is 0 Å². The molecule has 7 nitrogen and oxygen atoms in total. The zero-order chi connectivity index (χ0) is 13.8. The first kappa shape index (κ1) is 13.8. The molecule has 106 valence electrons. The number of nitrogens with two attached hydrogens (primary N) is 1. The van der Waals surface area contributed by atoms with Crippen LogP contribution in [0.1, 0.15) is 16.9 Å². The second-order valence-corrected chi connectivity index (χ2v) is 4.78. The van der Waals surface area contributed by atoms with Gasteiger partial charge in [0, 0.05) is 33.2 Å². The topological polar surface area (TPSA) is 87.6 Å². The van der Waals surface area contributed by atoms with Gasteiger partial charge in [-0.15, -0.1) is 0 Å². The van der Waals surface area contributed by atoms with Crippen molar-refractivity contribution in [3.8, 4) is 0 Å². The number of aryl methyl sites for hydroxylation is 1. The quantitative estimate of drug-likeness (QED) is 0.744. The number of aliphatic hydroxyl groups excluding tert-OH is 1. The Balaban J connectivity index is 2.04. The summed E-state index contributed by atoms with van der Waals surface area (Å²) in [5.74, 6) is -0.0663. The molecule has 0 spiro atoms. The van der Waals surface area contributed by atoms with Crippen LogP contribution in [-0.4, -0.2) is 69.9 Å². The maximum absolute atomic E-state index is 12.4. The van der Waals surface area contributed by atoms with Crippen LogP contribution in [0, 0.1) is 0 Å². The first-order chi connectivity index (χ1) is 9.13. The summed E-state index contributed by atoms with van der Waals surface area (Å²) < 4.78 is 1.52. The summed E-state index contributed by atoms with van der Waals surface area (Å²) >= 11 is 0. The van der Waals surface area contributed by atoms with E-state index in [9.17, 15) is 4.79 Å². The molecule has 1 amide bonds. The fourth-order valence-electron chi connectivity index (χ4n) is 2.41. The second-order valence-electron chi connectivity index (χ2n) is 4.78. The molecular weight excluding hydrogens is 246 g/mol. The normalized spacial score (nSPS) is 17.5. The number of hydrogen-bond donors (Lipinski definition) is 2. The number of rotatable bonds is 3. The van der Waals surface area contributed by atoms with E-state index >= 15 is 0 Å². The lowest BCUT2D eigenvalue weighted by Gasteiger charge is -2.21. The largest absolute Gasteiger partial charge is 0.396 e. The Bertz CT molecular complexity index is 426. The van der Waals surface area contributed by atoms with E-state index in [1.807, 2.05) is 4.90 Å². The van der Waals surface area contributed by atoms with E-state index in [0.29, 0.717) is 31.0 Å². The predicted octanol–water partition coefficient (Wildman–Crippen LogP) is -0.857. The number of nitrogens with zero attached hydrogens (tertiary/aromatic N) is 4. The van der Waals surface area contributed by atoms with Gasteiger partial charge in [-0.3, -0.25) is 14.4 Å². The van der Waals surface area contributed by atoms with Gasteiger partial charge in [0.05, 0.1) is 18.5 Å². The Kier molecular flexibility index (Phi) is 4.39. The number of aliphatic hydroxyl groups is 1. The first-order valence-corrected chi connectivity index (χ1v) is 6.53. The van der Waals surface area contributed by atoms with Crippen molar-refractivity contribution in [3.05, 3.63) is 11.9 Å². The van der Waals surface area contributed by atoms with Crippen molar-refractivity contribution >= 4 is 11.6 Å². The Morgan fingerprint density at radius 3 is 2.84 bits per heavy atom. The third-order valence-electron chi connectivity index (χ3n) is 3.46. The van der Waals surface area contributed by atoms with Crippen molar-refractivity contribution in [2.45, 2.75) is 6.42 Å². The third-order valence-corrected chi connectivity index (χ3v) is 3.46. The predicted molar refractivity (Wildman–Crippen MR) is 71.7 cm³/mol. The van der Waals surface area contributed by atoms with Crippen LogP contribution >= 0.6 is 0 Å². The number of β-amino-alcohol motifs (C(OH)–C–C–N with tert-alkyl or cyclic N) is 1. The van der Waals surface area contributed by atoms with E-state index in [1.165, 1.54) is 10.9 Å². The first-order valence-electron chi connectivity index (χ1n) is 6.53. The molecule has 0 aliphatic carbocycles. The fraction of sp³-hybridized carbons (Fsp3) is 0.667. The van der Waals surface area contributed by atoms with E-state index in [4.69, 9.17) is 10.8 Å². The number of carbonyl (C=O) groups excluding carboxylic acids is 1. The monoisotopic (exact) mass is 267 g/mol. The molecule has 19 heavy (non-hydrogen) atoms. The van der Waals surface area contributed by atoms with Crippen molar-refractivity contribution in [3.63, 3.8) is 0 Å². The van der Waals surface area contributed by atoms with Crippen LogP contribution in [0.4, 0.5) is 5.69 Å². The van der Waals surface area contributed by atoms with Crippen LogP contribution in [0.5, 0.6) is 0 Å². The minimum absolute atomic E-state index is 0.0663. The van der Waals surface area contributed by atoms with Crippen LogP contribution in [0.2, 0.25) is 0 Å². The molecule has 1 aromatic heterocycles. The van der Waals surface area contributed by atoms with Gasteiger partial charge in [-0.05, 0) is 13.0 Å². The van der Waals surface area contributed by atoms with Gasteiger partial charge in [-0.2, -0.15) is 5.10 Å². The highest BCUT2D eigenvalue weighted by Crippen LogP contribution is 2.14. The van der Waals surface area contributed by atoms with Gasteiger partial charge in [-0.25, -0.2) is 0 Å². The van der Waals surface area contributed by atoms with Crippen molar-refractivity contribution < 1.29 is 9.90 Å². The summed E-state index contributed by atoms with van der Waals surface area (Å²) in [7, 11) is 1.72. The Morgan fingerprint density at radius 1 is 1.42 bits per heavy atom. The van der Waals surface area contributed by atoms with E-state index in [-0.39, 0.29) is 12.5 Å². The van der Waals surface area contributed by atoms with Crippen LogP contribution in [0.25, 0.3) is 0 Å². The molecule has 0 saturated carbocycles. The molecule has 0 radical (unpaired) electrons. The highest BCUT2D eigenvalue weighted by atomic mass is 16.3. The van der Waals surface area contributed by atoms with Gasteiger partial charge >= 0.3 is 0 Å². The standard InChI is InChI=1S/C12H21N5O2/c1-15-11(10(13)9-14-15)12(19)17-4-2-3-16(5-6-17)7-8-18/h9,18H,2-8,13H2,1H3. The van der Waals surface area contributed by atoms with Crippen molar-refractivity contribution in [2.75, 3.05) is 45.1 Å². The zero-order valence-corrected chi connectivity index (χ0v) is 11.2. The van der Waals surface area contributed by atoms with Crippen molar-refractivity contribution in [1.29, 1.82) is 0 Å². The Morgan fingerprint density at radius 2 is 2.21 bits per heavy atom. The smallest absolute Gasteiger partial charge is 0.274 e.